The van der Waals surface area contributed by atoms with Crippen LogP contribution in [-0.4, -0.2) is 45.0 Å². The molecule has 1 aliphatic heterocycles. The van der Waals surface area contributed by atoms with Crippen LogP contribution < -0.4 is 5.32 Å². The van der Waals surface area contributed by atoms with E-state index in [-0.39, 0.29) is 23.7 Å². The molecule has 2 aromatic heterocycles. The van der Waals surface area contributed by atoms with Crippen LogP contribution in [-0.2, 0) is 4.79 Å². The zero-order valence-electron chi connectivity index (χ0n) is 15.8. The molecule has 3 rings (SSSR count). The minimum Gasteiger partial charge on any atom is -0.337 e. The number of nitrogens with zero attached hydrogens (tertiary/aromatic N) is 3. The SMILES string of the molecule is Cc1ccnc(NC(=O)C2CCN(C(=O)c3n[nH]c(C(C)C)c3Br)CC2)c1. The van der Waals surface area contributed by atoms with Gasteiger partial charge in [0.15, 0.2) is 5.69 Å². The van der Waals surface area contributed by atoms with Crippen molar-refractivity contribution in [3.63, 3.8) is 0 Å². The van der Waals surface area contributed by atoms with Crippen LogP contribution in [0.25, 0.3) is 0 Å². The molecule has 144 valence electrons. The molecule has 0 radical (unpaired) electrons. The summed E-state index contributed by atoms with van der Waals surface area (Å²) < 4.78 is 0.730. The zero-order chi connectivity index (χ0) is 19.6. The van der Waals surface area contributed by atoms with Crippen molar-refractivity contribution < 1.29 is 9.59 Å². The van der Waals surface area contributed by atoms with E-state index in [9.17, 15) is 9.59 Å². The Morgan fingerprint density at radius 3 is 2.63 bits per heavy atom. The Balaban J connectivity index is 1.58. The lowest BCUT2D eigenvalue weighted by Gasteiger charge is -2.30. The maximum Gasteiger partial charge on any atom is 0.275 e. The summed E-state index contributed by atoms with van der Waals surface area (Å²) in [6.07, 6.45) is 2.93. The van der Waals surface area contributed by atoms with Crippen molar-refractivity contribution >= 4 is 33.6 Å². The molecule has 8 heteroatoms. The molecule has 0 saturated carbocycles. The van der Waals surface area contributed by atoms with Crippen molar-refractivity contribution in [2.45, 2.75) is 39.5 Å². The van der Waals surface area contributed by atoms with Crippen molar-refractivity contribution in [3.05, 3.63) is 39.8 Å². The second-order valence-corrected chi connectivity index (χ2v) is 8.02. The fourth-order valence-electron chi connectivity index (χ4n) is 3.19. The molecule has 0 spiro atoms. The van der Waals surface area contributed by atoms with Crippen LogP contribution in [0.15, 0.2) is 22.8 Å². The molecule has 2 N–H and O–H groups in total. The fourth-order valence-corrected chi connectivity index (χ4v) is 4.00. The quantitative estimate of drug-likeness (QED) is 0.771. The molecule has 0 bridgehead atoms. The molecule has 0 aromatic carbocycles. The van der Waals surface area contributed by atoms with Gasteiger partial charge in [0.2, 0.25) is 5.91 Å². The van der Waals surface area contributed by atoms with E-state index in [2.05, 4.69) is 36.4 Å². The molecule has 0 unspecified atom stereocenters. The molecule has 1 saturated heterocycles. The highest BCUT2D eigenvalue weighted by Gasteiger charge is 2.30. The average Bonchev–Trinajstić information content (AvgIpc) is 3.03. The predicted octanol–water partition coefficient (Wildman–Crippen LogP) is 3.49. The van der Waals surface area contributed by atoms with Gasteiger partial charge in [-0.2, -0.15) is 5.10 Å². The van der Waals surface area contributed by atoms with Crippen LogP contribution in [0.2, 0.25) is 0 Å². The number of carbonyl (C=O) groups is 2. The molecule has 1 aliphatic rings. The topological polar surface area (TPSA) is 91.0 Å². The van der Waals surface area contributed by atoms with Crippen LogP contribution in [0, 0.1) is 12.8 Å². The molecule has 3 heterocycles. The number of anilines is 1. The highest BCUT2D eigenvalue weighted by atomic mass is 79.9. The summed E-state index contributed by atoms with van der Waals surface area (Å²) in [5, 5.41) is 9.99. The van der Waals surface area contributed by atoms with Crippen LogP contribution in [0.5, 0.6) is 0 Å². The number of amides is 2. The van der Waals surface area contributed by atoms with Gasteiger partial charge in [0, 0.05) is 25.2 Å². The molecule has 2 aromatic rings. The Hall–Kier alpha value is -2.22. The van der Waals surface area contributed by atoms with Crippen molar-refractivity contribution in [2.24, 2.45) is 5.92 Å². The van der Waals surface area contributed by atoms with E-state index >= 15 is 0 Å². The molecule has 2 amide bonds. The van der Waals surface area contributed by atoms with E-state index in [0.717, 1.165) is 15.7 Å². The smallest absolute Gasteiger partial charge is 0.275 e. The minimum atomic E-state index is -0.120. The van der Waals surface area contributed by atoms with Gasteiger partial charge in [0.25, 0.3) is 5.91 Å². The Morgan fingerprint density at radius 1 is 1.33 bits per heavy atom. The number of carbonyl (C=O) groups excluding carboxylic acids is 2. The summed E-state index contributed by atoms with van der Waals surface area (Å²) in [5.41, 5.74) is 2.37. The summed E-state index contributed by atoms with van der Waals surface area (Å²) in [5.74, 6) is 0.552. The van der Waals surface area contributed by atoms with Crippen molar-refractivity contribution in [1.29, 1.82) is 0 Å². The van der Waals surface area contributed by atoms with Crippen LogP contribution in [0.4, 0.5) is 5.82 Å². The summed E-state index contributed by atoms with van der Waals surface area (Å²) in [6, 6.07) is 3.73. The predicted molar refractivity (Wildman–Crippen MR) is 107 cm³/mol. The van der Waals surface area contributed by atoms with Gasteiger partial charge in [-0.3, -0.25) is 14.7 Å². The van der Waals surface area contributed by atoms with Gasteiger partial charge in [-0.05, 0) is 59.3 Å². The van der Waals surface area contributed by atoms with E-state index < -0.39 is 0 Å². The van der Waals surface area contributed by atoms with Gasteiger partial charge in [0.05, 0.1) is 10.2 Å². The van der Waals surface area contributed by atoms with Crippen LogP contribution in [0.1, 0.15) is 54.4 Å². The lowest BCUT2D eigenvalue weighted by atomic mass is 9.95. The van der Waals surface area contributed by atoms with Gasteiger partial charge in [-0.25, -0.2) is 4.98 Å². The number of H-pyrrole nitrogens is 1. The Morgan fingerprint density at radius 2 is 2.04 bits per heavy atom. The number of piperidine rings is 1. The largest absolute Gasteiger partial charge is 0.337 e. The van der Waals surface area contributed by atoms with Crippen molar-refractivity contribution in [2.75, 3.05) is 18.4 Å². The molecule has 7 nitrogen and oxygen atoms in total. The maximum absolute atomic E-state index is 12.8. The Kier molecular flexibility index (Phi) is 5.94. The normalized spacial score (nSPS) is 15.2. The van der Waals surface area contributed by atoms with Crippen molar-refractivity contribution in [1.82, 2.24) is 20.1 Å². The summed E-state index contributed by atoms with van der Waals surface area (Å²) in [6.45, 7) is 7.11. The van der Waals surface area contributed by atoms with E-state index in [0.29, 0.717) is 37.4 Å². The minimum absolute atomic E-state index is 0.0387. The standard InChI is InChI=1S/C19H24BrN5O2/c1-11(2)16-15(20)17(24-23-16)19(27)25-8-5-13(6-9-25)18(26)22-14-10-12(3)4-7-21-14/h4,7,10-11,13H,5-6,8-9H2,1-3H3,(H,23,24)(H,21,22,26). The first kappa shape index (κ1) is 19.5. The van der Waals surface area contributed by atoms with Crippen molar-refractivity contribution in [3.8, 4) is 0 Å². The monoisotopic (exact) mass is 433 g/mol. The van der Waals surface area contributed by atoms with Gasteiger partial charge in [-0.1, -0.05) is 13.8 Å². The third kappa shape index (κ3) is 4.37. The number of hydrogen-bond donors (Lipinski definition) is 2. The number of rotatable bonds is 4. The highest BCUT2D eigenvalue weighted by molar-refractivity contribution is 9.10. The number of aryl methyl sites for hydroxylation is 1. The third-order valence-electron chi connectivity index (χ3n) is 4.83. The first-order valence-corrected chi connectivity index (χ1v) is 9.92. The number of pyridine rings is 1. The molecule has 0 atom stereocenters. The second kappa shape index (κ2) is 8.21. The summed E-state index contributed by atoms with van der Waals surface area (Å²) in [7, 11) is 0. The number of nitrogens with one attached hydrogen (secondary N) is 2. The van der Waals surface area contributed by atoms with Gasteiger partial charge in [0.1, 0.15) is 5.82 Å². The number of aromatic nitrogens is 3. The first-order valence-electron chi connectivity index (χ1n) is 9.13. The lowest BCUT2D eigenvalue weighted by molar-refractivity contribution is -0.121. The summed E-state index contributed by atoms with van der Waals surface area (Å²) in [4.78, 5) is 31.2. The third-order valence-corrected chi connectivity index (χ3v) is 5.63. The Labute approximate surface area is 167 Å². The number of aromatic amines is 1. The maximum atomic E-state index is 12.8. The molecular formula is C19H24BrN5O2. The number of likely N-dealkylation sites (tertiary alicyclic amines) is 1. The Bertz CT molecular complexity index is 840. The van der Waals surface area contributed by atoms with E-state index in [1.54, 1.807) is 11.1 Å². The summed E-state index contributed by atoms with van der Waals surface area (Å²) >= 11 is 3.48. The van der Waals surface area contributed by atoms with Gasteiger partial charge in [-0.15, -0.1) is 0 Å². The van der Waals surface area contributed by atoms with Gasteiger partial charge < -0.3 is 10.2 Å². The number of hydrogen-bond acceptors (Lipinski definition) is 4. The molecular weight excluding hydrogens is 410 g/mol. The lowest BCUT2D eigenvalue weighted by Crippen LogP contribution is -2.41. The highest BCUT2D eigenvalue weighted by Crippen LogP contribution is 2.28. The molecule has 0 aliphatic carbocycles. The average molecular weight is 434 g/mol. The van der Waals surface area contributed by atoms with E-state index in [1.165, 1.54) is 0 Å². The van der Waals surface area contributed by atoms with Gasteiger partial charge >= 0.3 is 0 Å². The van der Waals surface area contributed by atoms with Crippen LogP contribution in [0.3, 0.4) is 0 Å². The van der Waals surface area contributed by atoms with E-state index in [4.69, 9.17) is 0 Å². The van der Waals surface area contributed by atoms with Crippen LogP contribution >= 0.6 is 15.9 Å². The zero-order valence-corrected chi connectivity index (χ0v) is 17.3. The second-order valence-electron chi connectivity index (χ2n) is 7.23. The molecule has 27 heavy (non-hydrogen) atoms. The first-order chi connectivity index (χ1) is 12.9. The molecule has 1 fully saturated rings. The fraction of sp³-hybridized carbons (Fsp3) is 0.474. The number of halogens is 1. The van der Waals surface area contributed by atoms with E-state index in [1.807, 2.05) is 32.9 Å².